The summed E-state index contributed by atoms with van der Waals surface area (Å²) in [6.45, 7) is 6.88. The second-order valence-corrected chi connectivity index (χ2v) is 5.17. The van der Waals surface area contributed by atoms with Crippen LogP contribution in [-0.2, 0) is 0 Å². The Hall–Kier alpha value is -1.69. The number of anilines is 1. The number of nitrogens with two attached hydrogens (primary N) is 1. The molecule has 1 heterocycles. The maximum atomic E-state index is 12.0. The summed E-state index contributed by atoms with van der Waals surface area (Å²) in [6.07, 6.45) is 0. The molecule has 17 heavy (non-hydrogen) atoms. The summed E-state index contributed by atoms with van der Waals surface area (Å²) in [7, 11) is 1.75. The van der Waals surface area contributed by atoms with Crippen molar-refractivity contribution in [2.45, 2.75) is 20.8 Å². The fourth-order valence-electron chi connectivity index (χ4n) is 1.50. The van der Waals surface area contributed by atoms with E-state index in [2.05, 4.69) is 36.4 Å². The van der Waals surface area contributed by atoms with E-state index in [1.165, 1.54) is 0 Å². The van der Waals surface area contributed by atoms with Gasteiger partial charge >= 0.3 is 0 Å². The van der Waals surface area contributed by atoms with Gasteiger partial charge in [-0.25, -0.2) is 5.84 Å². The first-order valence-corrected chi connectivity index (χ1v) is 5.39. The van der Waals surface area contributed by atoms with Crippen molar-refractivity contribution in [3.05, 3.63) is 17.8 Å². The predicted octanol–water partition coefficient (Wildman–Crippen LogP) is 0.880. The van der Waals surface area contributed by atoms with Gasteiger partial charge < -0.3 is 10.3 Å². The highest BCUT2D eigenvalue weighted by molar-refractivity contribution is 5.92. The summed E-state index contributed by atoms with van der Waals surface area (Å²) < 4.78 is 0. The van der Waals surface area contributed by atoms with Crippen LogP contribution in [0.25, 0.3) is 0 Å². The number of hydrazine groups is 1. The Morgan fingerprint density at radius 1 is 1.41 bits per heavy atom. The molecule has 1 amide bonds. The molecule has 0 bridgehead atoms. The van der Waals surface area contributed by atoms with Gasteiger partial charge in [0.1, 0.15) is 0 Å². The van der Waals surface area contributed by atoms with Gasteiger partial charge in [0.2, 0.25) is 0 Å². The second-order valence-electron chi connectivity index (χ2n) is 5.17. The molecule has 0 unspecified atom stereocenters. The van der Waals surface area contributed by atoms with Crippen LogP contribution in [0, 0.1) is 5.41 Å². The number of carbonyl (C=O) groups excluding carboxylic acids is 1. The number of amides is 1. The average Bonchev–Trinajstić information content (AvgIpc) is 2.26. The van der Waals surface area contributed by atoms with Crippen molar-refractivity contribution in [3.8, 4) is 0 Å². The summed E-state index contributed by atoms with van der Waals surface area (Å²) in [5.41, 5.74) is 2.73. The minimum absolute atomic E-state index is 0.0522. The summed E-state index contributed by atoms with van der Waals surface area (Å²) in [5.74, 6) is 5.46. The van der Waals surface area contributed by atoms with Crippen LogP contribution >= 0.6 is 0 Å². The topological polar surface area (TPSA) is 84.1 Å². The predicted molar refractivity (Wildman–Crippen MR) is 66.3 cm³/mol. The van der Waals surface area contributed by atoms with Gasteiger partial charge in [-0.15, -0.1) is 10.2 Å². The zero-order chi connectivity index (χ0) is 13.1. The smallest absolute Gasteiger partial charge is 0.274 e. The number of nitrogen functional groups attached to an aromatic ring is 1. The van der Waals surface area contributed by atoms with Gasteiger partial charge in [0.05, 0.1) is 0 Å². The van der Waals surface area contributed by atoms with E-state index in [9.17, 15) is 4.79 Å². The van der Waals surface area contributed by atoms with Crippen LogP contribution in [0.1, 0.15) is 31.3 Å². The van der Waals surface area contributed by atoms with Crippen LogP contribution in [0.5, 0.6) is 0 Å². The lowest BCUT2D eigenvalue weighted by Crippen LogP contribution is -2.35. The van der Waals surface area contributed by atoms with Crippen molar-refractivity contribution < 1.29 is 4.79 Å². The molecule has 1 rings (SSSR count). The van der Waals surface area contributed by atoms with Gasteiger partial charge in [-0.1, -0.05) is 20.8 Å². The molecular weight excluding hydrogens is 218 g/mol. The first-order chi connectivity index (χ1) is 7.83. The monoisotopic (exact) mass is 237 g/mol. The van der Waals surface area contributed by atoms with E-state index in [1.54, 1.807) is 24.1 Å². The van der Waals surface area contributed by atoms with Gasteiger partial charge in [0.25, 0.3) is 5.91 Å². The molecule has 0 spiro atoms. The lowest BCUT2D eigenvalue weighted by atomic mass is 9.96. The van der Waals surface area contributed by atoms with E-state index < -0.39 is 0 Å². The Kier molecular flexibility index (Phi) is 4.01. The lowest BCUT2D eigenvalue weighted by molar-refractivity contribution is 0.0738. The molecule has 0 aliphatic rings. The lowest BCUT2D eigenvalue weighted by Gasteiger charge is -2.26. The number of rotatable bonds is 3. The summed E-state index contributed by atoms with van der Waals surface area (Å²) in [4.78, 5) is 13.6. The molecule has 0 aromatic carbocycles. The SMILES string of the molecule is CN(CC(C)(C)C)C(=O)c1ccc(NN)nn1. The molecule has 0 atom stereocenters. The Balaban J connectivity index is 2.75. The Morgan fingerprint density at radius 2 is 2.06 bits per heavy atom. The Morgan fingerprint density at radius 3 is 2.47 bits per heavy atom. The molecule has 0 aliphatic heterocycles. The van der Waals surface area contributed by atoms with Crippen LogP contribution in [0.4, 0.5) is 5.82 Å². The van der Waals surface area contributed by atoms with Crippen LogP contribution in [0.3, 0.4) is 0 Å². The largest absolute Gasteiger partial charge is 0.340 e. The van der Waals surface area contributed by atoms with Gasteiger partial charge in [0.15, 0.2) is 11.5 Å². The van der Waals surface area contributed by atoms with Gasteiger partial charge in [0, 0.05) is 13.6 Å². The van der Waals surface area contributed by atoms with Crippen molar-refractivity contribution in [1.82, 2.24) is 15.1 Å². The summed E-state index contributed by atoms with van der Waals surface area (Å²) >= 11 is 0. The molecule has 0 radical (unpaired) electrons. The number of nitrogens with one attached hydrogen (secondary N) is 1. The molecular formula is C11H19N5O. The summed E-state index contributed by atoms with van der Waals surface area (Å²) in [6, 6.07) is 3.22. The minimum atomic E-state index is -0.143. The molecule has 0 aliphatic carbocycles. The zero-order valence-corrected chi connectivity index (χ0v) is 10.7. The molecule has 0 saturated heterocycles. The van der Waals surface area contributed by atoms with Crippen molar-refractivity contribution in [1.29, 1.82) is 0 Å². The van der Waals surface area contributed by atoms with Gasteiger partial charge in [-0.2, -0.15) is 0 Å². The summed E-state index contributed by atoms with van der Waals surface area (Å²) in [5, 5.41) is 7.58. The van der Waals surface area contributed by atoms with E-state index in [4.69, 9.17) is 5.84 Å². The third-order valence-corrected chi connectivity index (χ3v) is 2.09. The molecule has 0 saturated carbocycles. The van der Waals surface area contributed by atoms with E-state index in [-0.39, 0.29) is 11.3 Å². The average molecular weight is 237 g/mol. The van der Waals surface area contributed by atoms with Crippen LogP contribution in [0.2, 0.25) is 0 Å². The normalized spacial score (nSPS) is 11.1. The molecule has 3 N–H and O–H groups in total. The molecule has 1 aromatic heterocycles. The molecule has 0 fully saturated rings. The minimum Gasteiger partial charge on any atom is -0.340 e. The van der Waals surface area contributed by atoms with E-state index in [0.29, 0.717) is 18.1 Å². The number of hydrogen-bond donors (Lipinski definition) is 2. The molecule has 94 valence electrons. The second kappa shape index (κ2) is 5.09. The van der Waals surface area contributed by atoms with Crippen LogP contribution in [0.15, 0.2) is 12.1 Å². The van der Waals surface area contributed by atoms with Gasteiger partial charge in [-0.3, -0.25) is 4.79 Å². The van der Waals surface area contributed by atoms with Crippen molar-refractivity contribution >= 4 is 11.7 Å². The number of nitrogens with zero attached hydrogens (tertiary/aromatic N) is 3. The number of carbonyl (C=O) groups is 1. The molecule has 6 nitrogen and oxygen atoms in total. The third-order valence-electron chi connectivity index (χ3n) is 2.09. The first-order valence-electron chi connectivity index (χ1n) is 5.39. The van der Waals surface area contributed by atoms with Crippen LogP contribution in [-0.4, -0.2) is 34.6 Å². The quantitative estimate of drug-likeness (QED) is 0.602. The van der Waals surface area contributed by atoms with Crippen LogP contribution < -0.4 is 11.3 Å². The standard InChI is InChI=1S/C11H19N5O/c1-11(2,3)7-16(4)10(17)8-5-6-9(13-12)15-14-8/h5-6H,7,12H2,1-4H3,(H,13,15). The third kappa shape index (κ3) is 3.99. The van der Waals surface area contributed by atoms with Crippen molar-refractivity contribution in [3.63, 3.8) is 0 Å². The number of hydrogen-bond acceptors (Lipinski definition) is 5. The fraction of sp³-hybridized carbons (Fsp3) is 0.545. The van der Waals surface area contributed by atoms with E-state index in [0.717, 1.165) is 0 Å². The fourth-order valence-corrected chi connectivity index (χ4v) is 1.50. The Bertz CT molecular complexity index is 382. The maximum absolute atomic E-state index is 12.0. The number of aromatic nitrogens is 2. The highest BCUT2D eigenvalue weighted by Gasteiger charge is 2.19. The highest BCUT2D eigenvalue weighted by Crippen LogP contribution is 2.15. The highest BCUT2D eigenvalue weighted by atomic mass is 16.2. The first kappa shape index (κ1) is 13.4. The van der Waals surface area contributed by atoms with Gasteiger partial charge in [-0.05, 0) is 17.5 Å². The molecule has 6 heteroatoms. The van der Waals surface area contributed by atoms with Crippen molar-refractivity contribution in [2.24, 2.45) is 11.3 Å². The maximum Gasteiger partial charge on any atom is 0.274 e. The molecule has 1 aromatic rings. The van der Waals surface area contributed by atoms with E-state index in [1.807, 2.05) is 0 Å². The van der Waals surface area contributed by atoms with E-state index >= 15 is 0 Å². The zero-order valence-electron chi connectivity index (χ0n) is 10.7. The van der Waals surface area contributed by atoms with Crippen molar-refractivity contribution in [2.75, 3.05) is 19.0 Å². The Labute approximate surface area is 101 Å².